The highest BCUT2D eigenvalue weighted by atomic mass is 16.5. The molecule has 2 atom stereocenters. The highest BCUT2D eigenvalue weighted by molar-refractivity contribution is 5.92. The van der Waals surface area contributed by atoms with Gasteiger partial charge in [-0.15, -0.1) is 0 Å². The zero-order chi connectivity index (χ0) is 13.3. The molecule has 1 aromatic heterocycles. The molecule has 0 bridgehead atoms. The third-order valence-electron chi connectivity index (χ3n) is 3.33. The molecule has 1 aliphatic rings. The molecule has 0 amide bonds. The van der Waals surface area contributed by atoms with Gasteiger partial charge >= 0.3 is 5.97 Å². The zero-order valence-electron chi connectivity index (χ0n) is 11.0. The topological polar surface area (TPSA) is 79.4 Å². The van der Waals surface area contributed by atoms with Crippen LogP contribution in [-0.4, -0.2) is 35.3 Å². The number of esters is 1. The van der Waals surface area contributed by atoms with Crippen LogP contribution in [0.1, 0.15) is 42.1 Å². The van der Waals surface area contributed by atoms with Gasteiger partial charge in [0.25, 0.3) is 0 Å². The Labute approximate surface area is 106 Å². The van der Waals surface area contributed by atoms with E-state index >= 15 is 0 Å². The van der Waals surface area contributed by atoms with Crippen LogP contribution in [0.5, 0.6) is 0 Å². The lowest BCUT2D eigenvalue weighted by Crippen LogP contribution is -2.27. The maximum Gasteiger partial charge on any atom is 0.360 e. The summed E-state index contributed by atoms with van der Waals surface area (Å²) in [6.07, 6.45) is 1.96. The lowest BCUT2D eigenvalue weighted by molar-refractivity contribution is 0.00599. The van der Waals surface area contributed by atoms with Crippen molar-refractivity contribution in [2.75, 3.05) is 19.5 Å². The number of aryl methyl sites for hydroxylation is 1. The van der Waals surface area contributed by atoms with Crippen molar-refractivity contribution in [1.82, 2.24) is 9.55 Å². The number of nitrogen functional groups attached to an aromatic ring is 1. The Hall–Kier alpha value is -1.56. The lowest BCUT2D eigenvalue weighted by Gasteiger charge is -2.29. The van der Waals surface area contributed by atoms with Crippen LogP contribution in [0.4, 0.5) is 5.82 Å². The largest absolute Gasteiger partial charge is 0.464 e. The van der Waals surface area contributed by atoms with Crippen molar-refractivity contribution in [3.05, 3.63) is 11.5 Å². The van der Waals surface area contributed by atoms with Crippen LogP contribution in [0.2, 0.25) is 0 Å². The molecule has 6 heteroatoms. The van der Waals surface area contributed by atoms with E-state index in [9.17, 15) is 4.79 Å². The standard InChI is InChI=1S/C12H19N3O3/c1-7-6-9(4-5-18-7)15-8(2)14-10(11(15)13)12(16)17-3/h7,9H,4-6,13H2,1-3H3. The number of imidazole rings is 1. The van der Waals surface area contributed by atoms with Crippen LogP contribution in [0.15, 0.2) is 0 Å². The van der Waals surface area contributed by atoms with Crippen molar-refractivity contribution >= 4 is 11.8 Å². The Morgan fingerprint density at radius 3 is 2.94 bits per heavy atom. The van der Waals surface area contributed by atoms with E-state index in [0.29, 0.717) is 12.4 Å². The maximum atomic E-state index is 11.5. The van der Waals surface area contributed by atoms with Crippen molar-refractivity contribution in [2.45, 2.75) is 38.8 Å². The van der Waals surface area contributed by atoms with Gasteiger partial charge in [0, 0.05) is 12.6 Å². The molecule has 100 valence electrons. The van der Waals surface area contributed by atoms with Crippen LogP contribution in [0, 0.1) is 6.92 Å². The van der Waals surface area contributed by atoms with Gasteiger partial charge in [-0.2, -0.15) is 0 Å². The monoisotopic (exact) mass is 253 g/mol. The minimum absolute atomic E-state index is 0.200. The number of carbonyl (C=O) groups is 1. The van der Waals surface area contributed by atoms with E-state index in [1.54, 1.807) is 0 Å². The van der Waals surface area contributed by atoms with Crippen LogP contribution in [0.3, 0.4) is 0 Å². The fourth-order valence-corrected chi connectivity index (χ4v) is 2.48. The van der Waals surface area contributed by atoms with Crippen LogP contribution >= 0.6 is 0 Å². The van der Waals surface area contributed by atoms with E-state index in [1.807, 2.05) is 18.4 Å². The smallest absolute Gasteiger partial charge is 0.360 e. The molecule has 18 heavy (non-hydrogen) atoms. The van der Waals surface area contributed by atoms with E-state index in [1.165, 1.54) is 7.11 Å². The van der Waals surface area contributed by atoms with Crippen LogP contribution < -0.4 is 5.73 Å². The predicted molar refractivity (Wildman–Crippen MR) is 66.4 cm³/mol. The molecular formula is C12H19N3O3. The van der Waals surface area contributed by atoms with Crippen molar-refractivity contribution in [2.24, 2.45) is 0 Å². The van der Waals surface area contributed by atoms with Gasteiger partial charge in [-0.05, 0) is 26.7 Å². The number of hydrogen-bond donors (Lipinski definition) is 1. The van der Waals surface area contributed by atoms with Gasteiger partial charge in [0.1, 0.15) is 11.6 Å². The van der Waals surface area contributed by atoms with Gasteiger partial charge in [-0.25, -0.2) is 9.78 Å². The van der Waals surface area contributed by atoms with Crippen LogP contribution in [0.25, 0.3) is 0 Å². The summed E-state index contributed by atoms with van der Waals surface area (Å²) < 4.78 is 12.1. The van der Waals surface area contributed by atoms with Gasteiger partial charge in [0.05, 0.1) is 13.2 Å². The number of hydrogen-bond acceptors (Lipinski definition) is 5. The van der Waals surface area contributed by atoms with E-state index in [-0.39, 0.29) is 17.8 Å². The summed E-state index contributed by atoms with van der Waals surface area (Å²) in [5.41, 5.74) is 6.22. The zero-order valence-corrected chi connectivity index (χ0v) is 11.0. The van der Waals surface area contributed by atoms with Crippen molar-refractivity contribution < 1.29 is 14.3 Å². The molecule has 1 aliphatic heterocycles. The summed E-state index contributed by atoms with van der Waals surface area (Å²) in [7, 11) is 1.33. The average Bonchev–Trinajstić information content (AvgIpc) is 2.64. The SMILES string of the molecule is COC(=O)c1nc(C)n(C2CCOC(C)C2)c1N. The summed E-state index contributed by atoms with van der Waals surface area (Å²) in [4.78, 5) is 15.7. The first-order valence-electron chi connectivity index (χ1n) is 6.08. The van der Waals surface area contributed by atoms with Crippen LogP contribution in [-0.2, 0) is 9.47 Å². The molecule has 2 unspecified atom stereocenters. The number of nitrogens with two attached hydrogens (primary N) is 1. The molecule has 2 N–H and O–H groups in total. The molecule has 1 fully saturated rings. The quantitative estimate of drug-likeness (QED) is 0.804. The van der Waals surface area contributed by atoms with Gasteiger partial charge in [-0.3, -0.25) is 0 Å². The Kier molecular flexibility index (Phi) is 3.56. The Morgan fingerprint density at radius 2 is 2.33 bits per heavy atom. The Balaban J connectivity index is 2.33. The molecule has 0 radical (unpaired) electrons. The molecule has 2 heterocycles. The minimum atomic E-state index is -0.491. The number of carbonyl (C=O) groups excluding carboxylic acids is 1. The Morgan fingerprint density at radius 1 is 1.61 bits per heavy atom. The van der Waals surface area contributed by atoms with Crippen molar-refractivity contribution in [3.8, 4) is 0 Å². The first kappa shape index (κ1) is 12.9. The van der Waals surface area contributed by atoms with Gasteiger partial charge < -0.3 is 19.8 Å². The number of methoxy groups -OCH3 is 1. The summed E-state index contributed by atoms with van der Waals surface area (Å²) in [5, 5.41) is 0. The van der Waals surface area contributed by atoms with Gasteiger partial charge in [0.15, 0.2) is 5.69 Å². The van der Waals surface area contributed by atoms with Gasteiger partial charge in [-0.1, -0.05) is 0 Å². The number of aromatic nitrogens is 2. The Bertz CT molecular complexity index is 456. The number of nitrogens with zero attached hydrogens (tertiary/aromatic N) is 2. The van der Waals surface area contributed by atoms with E-state index in [2.05, 4.69) is 9.72 Å². The van der Waals surface area contributed by atoms with E-state index < -0.39 is 5.97 Å². The third-order valence-corrected chi connectivity index (χ3v) is 3.33. The molecule has 2 rings (SSSR count). The molecule has 0 aromatic carbocycles. The van der Waals surface area contributed by atoms with E-state index in [4.69, 9.17) is 10.5 Å². The number of ether oxygens (including phenoxy) is 2. The second-order valence-corrected chi connectivity index (χ2v) is 4.61. The fraction of sp³-hybridized carbons (Fsp3) is 0.667. The molecule has 0 aliphatic carbocycles. The van der Waals surface area contributed by atoms with E-state index in [0.717, 1.165) is 18.7 Å². The molecule has 0 spiro atoms. The van der Waals surface area contributed by atoms with Crippen molar-refractivity contribution in [3.63, 3.8) is 0 Å². The van der Waals surface area contributed by atoms with Gasteiger partial charge in [0.2, 0.25) is 0 Å². The first-order chi connectivity index (χ1) is 8.54. The molecule has 1 aromatic rings. The average molecular weight is 253 g/mol. The second-order valence-electron chi connectivity index (χ2n) is 4.61. The predicted octanol–water partition coefficient (Wildman–Crippen LogP) is 1.30. The molecule has 0 saturated carbocycles. The van der Waals surface area contributed by atoms with Crippen molar-refractivity contribution in [1.29, 1.82) is 0 Å². The number of rotatable bonds is 2. The molecule has 1 saturated heterocycles. The molecule has 6 nitrogen and oxygen atoms in total. The third kappa shape index (κ3) is 2.20. The summed E-state index contributed by atoms with van der Waals surface area (Å²) in [5.74, 6) is 0.639. The maximum absolute atomic E-state index is 11.5. The summed E-state index contributed by atoms with van der Waals surface area (Å²) in [6, 6.07) is 0.236. The number of anilines is 1. The second kappa shape index (κ2) is 4.97. The highest BCUT2D eigenvalue weighted by Crippen LogP contribution is 2.30. The fourth-order valence-electron chi connectivity index (χ4n) is 2.48. The normalized spacial score (nSPS) is 23.9. The molecular weight excluding hydrogens is 234 g/mol. The summed E-state index contributed by atoms with van der Waals surface area (Å²) in [6.45, 7) is 4.59. The lowest BCUT2D eigenvalue weighted by atomic mass is 10.0. The summed E-state index contributed by atoms with van der Waals surface area (Å²) >= 11 is 0. The first-order valence-corrected chi connectivity index (χ1v) is 6.08. The highest BCUT2D eigenvalue weighted by Gasteiger charge is 2.27. The minimum Gasteiger partial charge on any atom is -0.464 e.